The number of aliphatic hydroxyl groups is 1. The number of benzene rings is 1. The summed E-state index contributed by atoms with van der Waals surface area (Å²) in [7, 11) is 3.45. The van der Waals surface area contributed by atoms with Gasteiger partial charge in [0.2, 0.25) is 5.91 Å². The molecule has 37 heavy (non-hydrogen) atoms. The van der Waals surface area contributed by atoms with E-state index in [0.717, 1.165) is 43.6 Å². The van der Waals surface area contributed by atoms with Crippen LogP contribution in [0.4, 0.5) is 4.39 Å². The molecule has 1 amide bonds. The quantitative estimate of drug-likeness (QED) is 0.392. The first kappa shape index (κ1) is 27.5. The summed E-state index contributed by atoms with van der Waals surface area (Å²) in [6, 6.07) is 4.75. The highest BCUT2D eigenvalue weighted by atomic mass is 19.1. The van der Waals surface area contributed by atoms with Crippen molar-refractivity contribution in [2.75, 3.05) is 60.2 Å². The molecule has 2 atom stereocenters. The van der Waals surface area contributed by atoms with E-state index in [2.05, 4.69) is 15.2 Å². The summed E-state index contributed by atoms with van der Waals surface area (Å²) in [5.41, 5.74) is 1.39. The number of aliphatic hydroxyl groups excluding tert-OH is 1. The zero-order valence-electron chi connectivity index (χ0n) is 22.1. The van der Waals surface area contributed by atoms with E-state index in [1.54, 1.807) is 31.2 Å². The zero-order chi connectivity index (χ0) is 26.2. The number of methoxy groups -OCH3 is 1. The van der Waals surface area contributed by atoms with Crippen molar-refractivity contribution in [3.8, 4) is 5.75 Å². The fourth-order valence-electron chi connectivity index (χ4n) is 5.50. The number of halogens is 1. The van der Waals surface area contributed by atoms with Crippen LogP contribution in [0.3, 0.4) is 0 Å². The molecule has 1 aromatic rings. The van der Waals surface area contributed by atoms with E-state index >= 15 is 0 Å². The molecule has 1 aliphatic carbocycles. The predicted molar refractivity (Wildman–Crippen MR) is 141 cm³/mol. The maximum absolute atomic E-state index is 14.5. The molecule has 0 spiro atoms. The molecule has 3 aliphatic rings. The van der Waals surface area contributed by atoms with Crippen LogP contribution < -0.4 is 10.1 Å². The molecule has 204 valence electrons. The van der Waals surface area contributed by atoms with E-state index in [9.17, 15) is 14.3 Å². The molecule has 2 saturated heterocycles. The van der Waals surface area contributed by atoms with Crippen molar-refractivity contribution < 1.29 is 23.8 Å². The number of hydrogen-bond acceptors (Lipinski definition) is 7. The Hall–Kier alpha value is -2.49. The summed E-state index contributed by atoms with van der Waals surface area (Å²) in [6.07, 6.45) is 8.09. The smallest absolute Gasteiger partial charge is 0.227 e. The maximum atomic E-state index is 14.5. The second-order valence-corrected chi connectivity index (χ2v) is 10.5. The Morgan fingerprint density at radius 2 is 2.08 bits per heavy atom. The highest BCUT2D eigenvalue weighted by molar-refractivity contribution is 5.79. The second-order valence-electron chi connectivity index (χ2n) is 10.5. The van der Waals surface area contributed by atoms with E-state index in [0.29, 0.717) is 43.5 Å². The fraction of sp³-hybridized carbons (Fsp3) is 0.643. The molecule has 0 bridgehead atoms. The summed E-state index contributed by atoms with van der Waals surface area (Å²) in [6.45, 7) is 4.87. The normalized spacial score (nSPS) is 23.4. The van der Waals surface area contributed by atoms with Gasteiger partial charge in [-0.05, 0) is 55.1 Å². The molecule has 1 saturated carbocycles. The topological polar surface area (TPSA) is 86.6 Å². The van der Waals surface area contributed by atoms with Crippen molar-refractivity contribution in [3.63, 3.8) is 0 Å². The van der Waals surface area contributed by atoms with E-state index in [1.807, 2.05) is 12.4 Å². The SMILES string of the molecule is CN=CC(=CNCN1CCC(C2CC2CCOc2ccc(CC(=O)N3CC(O)C3)c(F)c2)CC1)COC. The third kappa shape index (κ3) is 7.99. The third-order valence-corrected chi connectivity index (χ3v) is 7.76. The first-order valence-corrected chi connectivity index (χ1v) is 13.4. The van der Waals surface area contributed by atoms with Gasteiger partial charge in [-0.3, -0.25) is 14.7 Å². The first-order valence-electron chi connectivity index (χ1n) is 13.4. The van der Waals surface area contributed by atoms with Crippen LogP contribution in [0.2, 0.25) is 0 Å². The van der Waals surface area contributed by atoms with Gasteiger partial charge < -0.3 is 24.8 Å². The standard InChI is InChI=1S/C28H41FN4O4/c1-30-14-20(18-36-2)15-31-19-32-8-5-21(6-9-32)26-11-22(26)7-10-37-25-4-3-23(27(29)13-25)12-28(35)33-16-24(34)17-33/h3-4,13-15,21-22,24,26,31,34H,5-12,16-19H2,1-2H3. The van der Waals surface area contributed by atoms with Gasteiger partial charge in [0.15, 0.2) is 0 Å². The number of nitrogens with one attached hydrogen (secondary N) is 1. The molecule has 3 fully saturated rings. The van der Waals surface area contributed by atoms with Gasteiger partial charge in [-0.2, -0.15) is 0 Å². The fourth-order valence-corrected chi connectivity index (χ4v) is 5.50. The van der Waals surface area contributed by atoms with Gasteiger partial charge in [-0.15, -0.1) is 0 Å². The van der Waals surface area contributed by atoms with E-state index in [1.165, 1.54) is 25.3 Å². The lowest BCUT2D eigenvalue weighted by Crippen LogP contribution is -2.54. The van der Waals surface area contributed by atoms with E-state index in [4.69, 9.17) is 9.47 Å². The lowest BCUT2D eigenvalue weighted by Gasteiger charge is -2.35. The second kappa shape index (κ2) is 13.3. The molecular weight excluding hydrogens is 475 g/mol. The highest BCUT2D eigenvalue weighted by Gasteiger charge is 2.43. The van der Waals surface area contributed by atoms with Crippen LogP contribution in [0, 0.1) is 23.6 Å². The lowest BCUT2D eigenvalue weighted by molar-refractivity contribution is -0.140. The molecular formula is C28H41FN4O4. The van der Waals surface area contributed by atoms with Gasteiger partial charge in [0.1, 0.15) is 11.6 Å². The van der Waals surface area contributed by atoms with Crippen molar-refractivity contribution in [2.24, 2.45) is 22.7 Å². The van der Waals surface area contributed by atoms with Crippen LogP contribution in [0.5, 0.6) is 5.75 Å². The number of ether oxygens (including phenoxy) is 2. The van der Waals surface area contributed by atoms with Crippen molar-refractivity contribution in [1.82, 2.24) is 15.1 Å². The maximum Gasteiger partial charge on any atom is 0.227 e. The van der Waals surface area contributed by atoms with Gasteiger partial charge in [0.05, 0.1) is 32.4 Å². The first-order chi connectivity index (χ1) is 18.0. The Kier molecular flexibility index (Phi) is 9.94. The van der Waals surface area contributed by atoms with Gasteiger partial charge in [0, 0.05) is 64.4 Å². The number of carbonyl (C=O) groups is 1. The van der Waals surface area contributed by atoms with Crippen LogP contribution in [-0.2, 0) is 16.0 Å². The molecule has 0 aromatic heterocycles. The number of likely N-dealkylation sites (tertiary alicyclic amines) is 2. The Morgan fingerprint density at radius 1 is 1.30 bits per heavy atom. The van der Waals surface area contributed by atoms with E-state index in [-0.39, 0.29) is 12.3 Å². The molecule has 8 nitrogen and oxygen atoms in total. The molecule has 9 heteroatoms. The number of β-amino-alcohol motifs (C(OH)–C–C–N with tert-alkyl or cyclic N) is 1. The Balaban J connectivity index is 1.10. The molecule has 0 radical (unpaired) electrons. The summed E-state index contributed by atoms with van der Waals surface area (Å²) in [5, 5.41) is 12.7. The Morgan fingerprint density at radius 3 is 2.76 bits per heavy atom. The molecule has 2 unspecified atom stereocenters. The van der Waals surface area contributed by atoms with Crippen LogP contribution in [0.25, 0.3) is 0 Å². The minimum Gasteiger partial charge on any atom is -0.493 e. The average molecular weight is 517 g/mol. The number of piperidine rings is 1. The predicted octanol–water partition coefficient (Wildman–Crippen LogP) is 2.47. The number of carbonyl (C=O) groups excluding carboxylic acids is 1. The van der Waals surface area contributed by atoms with Crippen LogP contribution in [-0.4, -0.2) is 93.4 Å². The van der Waals surface area contributed by atoms with Gasteiger partial charge in [-0.1, -0.05) is 6.07 Å². The average Bonchev–Trinajstić information content (AvgIpc) is 3.64. The van der Waals surface area contributed by atoms with Gasteiger partial charge in [-0.25, -0.2) is 4.39 Å². The van der Waals surface area contributed by atoms with Gasteiger partial charge in [0.25, 0.3) is 0 Å². The largest absolute Gasteiger partial charge is 0.493 e. The van der Waals surface area contributed by atoms with E-state index < -0.39 is 11.9 Å². The number of hydrogen-bond donors (Lipinski definition) is 2. The molecule has 2 aliphatic heterocycles. The van der Waals surface area contributed by atoms with Crippen molar-refractivity contribution >= 4 is 12.1 Å². The van der Waals surface area contributed by atoms with Crippen molar-refractivity contribution in [2.45, 2.75) is 38.2 Å². The van der Waals surface area contributed by atoms with Crippen molar-refractivity contribution in [3.05, 3.63) is 41.4 Å². The van der Waals surface area contributed by atoms with Crippen LogP contribution in [0.15, 0.2) is 35.0 Å². The molecule has 2 N–H and O–H groups in total. The Labute approximate surface area is 219 Å². The minimum atomic E-state index is -0.449. The van der Waals surface area contributed by atoms with Crippen LogP contribution >= 0.6 is 0 Å². The monoisotopic (exact) mass is 516 g/mol. The highest BCUT2D eigenvalue weighted by Crippen LogP contribution is 2.49. The molecule has 1 aromatic carbocycles. The summed E-state index contributed by atoms with van der Waals surface area (Å²) in [4.78, 5) is 20.2. The summed E-state index contributed by atoms with van der Waals surface area (Å²) >= 11 is 0. The van der Waals surface area contributed by atoms with Gasteiger partial charge >= 0.3 is 0 Å². The Bertz CT molecular complexity index is 958. The third-order valence-electron chi connectivity index (χ3n) is 7.76. The molecule has 2 heterocycles. The van der Waals surface area contributed by atoms with Crippen LogP contribution in [0.1, 0.15) is 31.2 Å². The number of nitrogens with zero attached hydrogens (tertiary/aromatic N) is 3. The minimum absolute atomic E-state index is 0.0106. The number of aliphatic imine (C=N–C) groups is 1. The number of rotatable bonds is 13. The summed E-state index contributed by atoms with van der Waals surface area (Å²) < 4.78 is 25.5. The number of amides is 1. The lowest BCUT2D eigenvalue weighted by atomic mass is 9.91. The van der Waals surface area contributed by atoms with Crippen molar-refractivity contribution in [1.29, 1.82) is 0 Å². The molecule has 4 rings (SSSR count). The zero-order valence-corrected chi connectivity index (χ0v) is 22.1. The summed E-state index contributed by atoms with van der Waals surface area (Å²) in [5.74, 6) is 2.22.